The molecule has 3 rings (SSSR count). The van der Waals surface area contributed by atoms with Crippen molar-refractivity contribution < 1.29 is 18.8 Å². The highest BCUT2D eigenvalue weighted by Crippen LogP contribution is 2.28. The third-order valence-electron chi connectivity index (χ3n) is 4.25. The van der Waals surface area contributed by atoms with Crippen LogP contribution in [0.1, 0.15) is 29.9 Å². The molecule has 23 heavy (non-hydrogen) atoms. The molecule has 1 N–H and O–H groups in total. The quantitative estimate of drug-likeness (QED) is 0.917. The Kier molecular flexibility index (Phi) is 4.43. The SMILES string of the molecule is CC(Cc1ccccc1F)C(=O)N1CC(c2cc(CO)on2)C1. The molecule has 1 saturated heterocycles. The molecule has 0 saturated carbocycles. The van der Waals surface area contributed by atoms with Crippen LogP contribution in [-0.4, -0.2) is 34.2 Å². The van der Waals surface area contributed by atoms with E-state index < -0.39 is 0 Å². The monoisotopic (exact) mass is 318 g/mol. The van der Waals surface area contributed by atoms with Gasteiger partial charge in [-0.25, -0.2) is 4.39 Å². The van der Waals surface area contributed by atoms with Crippen LogP contribution < -0.4 is 0 Å². The van der Waals surface area contributed by atoms with E-state index in [2.05, 4.69) is 5.16 Å². The van der Waals surface area contributed by atoms with Gasteiger partial charge in [-0.05, 0) is 18.1 Å². The zero-order valence-corrected chi connectivity index (χ0v) is 12.9. The molecule has 1 aromatic heterocycles. The second-order valence-electron chi connectivity index (χ2n) is 6.01. The van der Waals surface area contributed by atoms with Crippen molar-refractivity contribution in [3.63, 3.8) is 0 Å². The summed E-state index contributed by atoms with van der Waals surface area (Å²) in [6, 6.07) is 8.26. The summed E-state index contributed by atoms with van der Waals surface area (Å²) in [6.07, 6.45) is 0.394. The number of rotatable bonds is 5. The van der Waals surface area contributed by atoms with Gasteiger partial charge in [0.15, 0.2) is 5.76 Å². The molecule has 0 aliphatic carbocycles. The number of likely N-dealkylation sites (tertiary alicyclic amines) is 1. The molecule has 1 amide bonds. The minimum Gasteiger partial charge on any atom is -0.388 e. The van der Waals surface area contributed by atoms with Gasteiger partial charge in [0, 0.05) is 31.0 Å². The predicted molar refractivity (Wildman–Crippen MR) is 81.0 cm³/mol. The van der Waals surface area contributed by atoms with Gasteiger partial charge in [-0.1, -0.05) is 30.3 Å². The van der Waals surface area contributed by atoms with Crippen molar-refractivity contribution in [1.29, 1.82) is 0 Å². The lowest BCUT2D eigenvalue weighted by Gasteiger charge is -2.39. The molecule has 2 heterocycles. The molecular formula is C17H19FN2O3. The van der Waals surface area contributed by atoms with Crippen LogP contribution in [0.2, 0.25) is 0 Å². The lowest BCUT2D eigenvalue weighted by molar-refractivity contribution is -0.139. The van der Waals surface area contributed by atoms with Gasteiger partial charge in [-0.2, -0.15) is 0 Å². The lowest BCUT2D eigenvalue weighted by Crippen LogP contribution is -2.50. The minimum atomic E-state index is -0.271. The molecule has 5 nitrogen and oxygen atoms in total. The predicted octanol–water partition coefficient (Wildman–Crippen LogP) is 2.11. The van der Waals surface area contributed by atoms with E-state index in [0.717, 1.165) is 5.69 Å². The Morgan fingerprint density at radius 3 is 2.87 bits per heavy atom. The zero-order valence-electron chi connectivity index (χ0n) is 12.9. The maximum Gasteiger partial charge on any atom is 0.225 e. The number of aliphatic hydroxyl groups is 1. The summed E-state index contributed by atoms with van der Waals surface area (Å²) in [4.78, 5) is 14.2. The summed E-state index contributed by atoms with van der Waals surface area (Å²) < 4.78 is 18.6. The van der Waals surface area contributed by atoms with Crippen molar-refractivity contribution in [2.45, 2.75) is 25.9 Å². The second-order valence-corrected chi connectivity index (χ2v) is 6.01. The minimum absolute atomic E-state index is 0.0235. The van der Waals surface area contributed by atoms with Gasteiger partial charge < -0.3 is 14.5 Å². The van der Waals surface area contributed by atoms with Crippen LogP contribution in [0, 0.1) is 11.7 Å². The summed E-state index contributed by atoms with van der Waals surface area (Å²) >= 11 is 0. The summed E-state index contributed by atoms with van der Waals surface area (Å²) in [7, 11) is 0. The van der Waals surface area contributed by atoms with E-state index in [1.807, 2.05) is 6.92 Å². The van der Waals surface area contributed by atoms with E-state index in [4.69, 9.17) is 9.63 Å². The molecule has 0 spiro atoms. The molecule has 1 aromatic carbocycles. The summed E-state index contributed by atoms with van der Waals surface area (Å²) in [6.45, 7) is 2.81. The Bertz CT molecular complexity index is 695. The van der Waals surface area contributed by atoms with E-state index in [-0.39, 0.29) is 30.2 Å². The van der Waals surface area contributed by atoms with Crippen molar-refractivity contribution in [2.24, 2.45) is 5.92 Å². The highest BCUT2D eigenvalue weighted by atomic mass is 19.1. The van der Waals surface area contributed by atoms with Crippen LogP contribution in [0.4, 0.5) is 4.39 Å². The van der Waals surface area contributed by atoms with Gasteiger partial charge in [-0.3, -0.25) is 4.79 Å². The van der Waals surface area contributed by atoms with Crippen molar-refractivity contribution in [2.75, 3.05) is 13.1 Å². The van der Waals surface area contributed by atoms with E-state index in [9.17, 15) is 9.18 Å². The molecule has 1 aliphatic rings. The zero-order chi connectivity index (χ0) is 16.4. The molecule has 6 heteroatoms. The van der Waals surface area contributed by atoms with Gasteiger partial charge in [0.05, 0.1) is 5.69 Å². The van der Waals surface area contributed by atoms with Crippen molar-refractivity contribution >= 4 is 5.91 Å². The average Bonchev–Trinajstić information content (AvgIpc) is 2.96. The summed E-state index contributed by atoms with van der Waals surface area (Å²) in [5.74, 6) is 0.0580. The third-order valence-corrected chi connectivity index (χ3v) is 4.25. The van der Waals surface area contributed by atoms with E-state index >= 15 is 0 Å². The first-order valence-corrected chi connectivity index (χ1v) is 7.67. The van der Waals surface area contributed by atoms with Crippen molar-refractivity contribution in [3.8, 4) is 0 Å². The number of halogens is 1. The summed E-state index contributed by atoms with van der Waals surface area (Å²) in [5, 5.41) is 12.9. The number of benzene rings is 1. The first kappa shape index (κ1) is 15.7. The number of carbonyl (C=O) groups excluding carboxylic acids is 1. The molecule has 1 unspecified atom stereocenters. The maximum absolute atomic E-state index is 13.7. The Labute approximate surface area is 133 Å². The standard InChI is InChI=1S/C17H19FN2O3/c1-11(6-12-4-2-3-5-15(12)18)17(22)20-8-13(9-20)16-7-14(10-21)23-19-16/h2-5,7,11,13,21H,6,8-10H2,1H3. The molecule has 1 aliphatic heterocycles. The van der Waals surface area contributed by atoms with Crippen LogP contribution >= 0.6 is 0 Å². The molecule has 0 bridgehead atoms. The molecule has 1 atom stereocenters. The van der Waals surface area contributed by atoms with Gasteiger partial charge >= 0.3 is 0 Å². The second kappa shape index (κ2) is 6.50. The van der Waals surface area contributed by atoms with E-state index in [1.54, 1.807) is 29.2 Å². The number of hydrogen-bond donors (Lipinski definition) is 1. The lowest BCUT2D eigenvalue weighted by atomic mass is 9.92. The maximum atomic E-state index is 13.7. The average molecular weight is 318 g/mol. The number of hydrogen-bond acceptors (Lipinski definition) is 4. The molecule has 1 fully saturated rings. The van der Waals surface area contributed by atoms with E-state index in [1.165, 1.54) is 6.07 Å². The fraction of sp³-hybridized carbons (Fsp3) is 0.412. The molecular weight excluding hydrogens is 299 g/mol. The van der Waals surface area contributed by atoms with Crippen molar-refractivity contribution in [1.82, 2.24) is 10.1 Å². The van der Waals surface area contributed by atoms with Gasteiger partial charge in [0.1, 0.15) is 12.4 Å². The normalized spacial score (nSPS) is 16.2. The largest absolute Gasteiger partial charge is 0.388 e. The smallest absolute Gasteiger partial charge is 0.225 e. The molecule has 0 radical (unpaired) electrons. The number of nitrogens with zero attached hydrogens (tertiary/aromatic N) is 2. The Hall–Kier alpha value is -2.21. The fourth-order valence-corrected chi connectivity index (χ4v) is 2.83. The van der Waals surface area contributed by atoms with Crippen LogP contribution in [0.15, 0.2) is 34.9 Å². The van der Waals surface area contributed by atoms with Gasteiger partial charge in [-0.15, -0.1) is 0 Å². The topological polar surface area (TPSA) is 66.6 Å². The van der Waals surface area contributed by atoms with Crippen LogP contribution in [0.5, 0.6) is 0 Å². The van der Waals surface area contributed by atoms with Crippen LogP contribution in [0.25, 0.3) is 0 Å². The highest BCUT2D eigenvalue weighted by Gasteiger charge is 2.35. The highest BCUT2D eigenvalue weighted by molar-refractivity contribution is 5.79. The first-order chi connectivity index (χ1) is 11.1. The number of aromatic nitrogens is 1. The van der Waals surface area contributed by atoms with Gasteiger partial charge in [0.25, 0.3) is 0 Å². The Morgan fingerprint density at radius 1 is 1.48 bits per heavy atom. The third kappa shape index (κ3) is 3.27. The van der Waals surface area contributed by atoms with E-state index in [0.29, 0.717) is 30.8 Å². The molecule has 2 aromatic rings. The van der Waals surface area contributed by atoms with Crippen LogP contribution in [-0.2, 0) is 17.8 Å². The van der Waals surface area contributed by atoms with Crippen LogP contribution in [0.3, 0.4) is 0 Å². The summed E-state index contributed by atoms with van der Waals surface area (Å²) in [5.41, 5.74) is 1.33. The Morgan fingerprint density at radius 2 is 2.22 bits per heavy atom. The number of amides is 1. The van der Waals surface area contributed by atoms with Crippen molar-refractivity contribution in [3.05, 3.63) is 53.2 Å². The van der Waals surface area contributed by atoms with Gasteiger partial charge in [0.2, 0.25) is 5.91 Å². The number of carbonyl (C=O) groups is 1. The fourth-order valence-electron chi connectivity index (χ4n) is 2.83. The Balaban J connectivity index is 1.54. The molecule has 122 valence electrons. The first-order valence-electron chi connectivity index (χ1n) is 7.67. The number of aliphatic hydroxyl groups excluding tert-OH is 1.